The molecule has 0 spiro atoms. The van der Waals surface area contributed by atoms with Crippen molar-refractivity contribution < 1.29 is 41.8 Å². The summed E-state index contributed by atoms with van der Waals surface area (Å²) in [6.07, 6.45) is -3.02. The van der Waals surface area contributed by atoms with E-state index in [-0.39, 0.29) is 60.6 Å². The first-order valence-corrected chi connectivity index (χ1v) is 11.0. The van der Waals surface area contributed by atoms with Gasteiger partial charge in [-0.3, -0.25) is 9.59 Å². The van der Waals surface area contributed by atoms with Crippen LogP contribution in [0, 0.1) is 6.92 Å². The van der Waals surface area contributed by atoms with Gasteiger partial charge >= 0.3 is 24.0 Å². The summed E-state index contributed by atoms with van der Waals surface area (Å²) in [5.74, 6) is -2.95. The zero-order valence-corrected chi connectivity index (χ0v) is 20.2. The quantitative estimate of drug-likeness (QED) is 0.369. The third kappa shape index (κ3) is 5.90. The maximum Gasteiger partial charge on any atom is 0.471 e. The average Bonchev–Trinajstić information content (AvgIpc) is 3.13. The van der Waals surface area contributed by atoms with E-state index in [0.29, 0.717) is 22.4 Å². The summed E-state index contributed by atoms with van der Waals surface area (Å²) in [7, 11) is 1.37. The van der Waals surface area contributed by atoms with Crippen LogP contribution in [-0.4, -0.2) is 43.8 Å². The Hall–Kier alpha value is -3.04. The first-order valence-electron chi connectivity index (χ1n) is 11.0. The number of fused-ring (bicyclic) bond motifs is 1. The van der Waals surface area contributed by atoms with Crippen molar-refractivity contribution in [2.75, 3.05) is 18.6 Å². The van der Waals surface area contributed by atoms with Crippen LogP contribution in [0.3, 0.4) is 0 Å². The van der Waals surface area contributed by atoms with E-state index < -0.39 is 18.1 Å². The normalized spacial score (nSPS) is 13.6. The molecule has 0 aliphatic carbocycles. The van der Waals surface area contributed by atoms with Crippen LogP contribution in [0.2, 0.25) is 0 Å². The molecule has 7 nitrogen and oxygen atoms in total. The van der Waals surface area contributed by atoms with Gasteiger partial charge in [-0.15, -0.1) is 0 Å². The van der Waals surface area contributed by atoms with Crippen LogP contribution >= 0.6 is 0 Å². The molecular weight excluding hydrogens is 455 g/mol. The lowest BCUT2D eigenvalue weighted by molar-refractivity contribution is -0.170. The number of carbonyl (C=O) groups excluding carboxylic acids is 3. The summed E-state index contributed by atoms with van der Waals surface area (Å²) in [6.45, 7) is 7.92. The number of allylic oxidation sites excluding steroid dienone is 2. The molecule has 0 fully saturated rings. The van der Waals surface area contributed by atoms with Crippen molar-refractivity contribution in [3.05, 3.63) is 33.9 Å². The molecule has 0 radical (unpaired) electrons. The van der Waals surface area contributed by atoms with Gasteiger partial charge in [0.1, 0.15) is 12.4 Å². The fraction of sp³-hybridized carbons (Fsp3) is 0.542. The van der Waals surface area contributed by atoms with Crippen molar-refractivity contribution in [2.45, 2.75) is 72.8 Å². The molecule has 1 aliphatic rings. The summed E-state index contributed by atoms with van der Waals surface area (Å²) in [5, 5.41) is 0. The molecule has 1 aliphatic heterocycles. The lowest BCUT2D eigenvalue weighted by Gasteiger charge is -2.28. The van der Waals surface area contributed by atoms with Crippen molar-refractivity contribution in [3.8, 4) is 5.75 Å². The molecule has 1 aromatic carbocycles. The van der Waals surface area contributed by atoms with E-state index in [1.165, 1.54) is 14.0 Å². The Kier molecular flexibility index (Phi) is 8.74. The SMILES string of the molecule is CCN(C(=O)C(F)(F)F)c1c(CC=C(C)CCC(=O)OC(C)C)c(OC)c(C)c2c1C(=O)OC2. The second-order valence-corrected chi connectivity index (χ2v) is 8.26. The summed E-state index contributed by atoms with van der Waals surface area (Å²) in [6, 6.07) is 0. The summed E-state index contributed by atoms with van der Waals surface area (Å²) in [4.78, 5) is 37.2. The van der Waals surface area contributed by atoms with Crippen LogP contribution in [0.25, 0.3) is 0 Å². The molecule has 0 saturated heterocycles. The number of amides is 1. The van der Waals surface area contributed by atoms with Crippen LogP contribution in [-0.2, 0) is 32.1 Å². The molecule has 188 valence electrons. The van der Waals surface area contributed by atoms with Gasteiger partial charge in [0.2, 0.25) is 0 Å². The zero-order chi connectivity index (χ0) is 25.8. The fourth-order valence-corrected chi connectivity index (χ4v) is 3.88. The van der Waals surface area contributed by atoms with Gasteiger partial charge < -0.3 is 19.1 Å². The van der Waals surface area contributed by atoms with Crippen LogP contribution in [0.4, 0.5) is 18.9 Å². The first-order chi connectivity index (χ1) is 15.8. The molecule has 1 amide bonds. The van der Waals surface area contributed by atoms with Crippen molar-refractivity contribution in [1.82, 2.24) is 0 Å². The number of cyclic esters (lactones) is 1. The van der Waals surface area contributed by atoms with Crippen molar-refractivity contribution in [2.24, 2.45) is 0 Å². The van der Waals surface area contributed by atoms with Crippen molar-refractivity contribution in [1.29, 1.82) is 0 Å². The van der Waals surface area contributed by atoms with Gasteiger partial charge in [0.15, 0.2) is 0 Å². The van der Waals surface area contributed by atoms with Crippen LogP contribution in [0.1, 0.15) is 67.6 Å². The number of halogens is 3. The molecule has 1 heterocycles. The van der Waals surface area contributed by atoms with Gasteiger partial charge in [-0.25, -0.2) is 4.79 Å². The largest absolute Gasteiger partial charge is 0.496 e. The molecule has 0 saturated carbocycles. The predicted octanol–water partition coefficient (Wildman–Crippen LogP) is 4.81. The van der Waals surface area contributed by atoms with Crippen molar-refractivity contribution in [3.63, 3.8) is 0 Å². The Morgan fingerprint density at radius 3 is 2.41 bits per heavy atom. The Labute approximate surface area is 196 Å². The predicted molar refractivity (Wildman–Crippen MR) is 119 cm³/mol. The average molecular weight is 485 g/mol. The molecule has 2 rings (SSSR count). The molecule has 0 unspecified atom stereocenters. The van der Waals surface area contributed by atoms with Gasteiger partial charge in [-0.05, 0) is 53.0 Å². The van der Waals surface area contributed by atoms with E-state index in [0.717, 1.165) is 5.57 Å². The molecule has 0 bridgehead atoms. The highest BCUT2D eigenvalue weighted by Gasteiger charge is 2.45. The third-order valence-electron chi connectivity index (χ3n) is 5.47. The van der Waals surface area contributed by atoms with E-state index in [1.807, 2.05) is 0 Å². The molecule has 34 heavy (non-hydrogen) atoms. The van der Waals surface area contributed by atoms with Gasteiger partial charge in [-0.1, -0.05) is 11.6 Å². The highest BCUT2D eigenvalue weighted by atomic mass is 19.4. The molecule has 0 aromatic heterocycles. The van der Waals surface area contributed by atoms with Gasteiger partial charge in [0.25, 0.3) is 0 Å². The summed E-state index contributed by atoms with van der Waals surface area (Å²) < 4.78 is 55.9. The smallest absolute Gasteiger partial charge is 0.471 e. The van der Waals surface area contributed by atoms with E-state index in [2.05, 4.69) is 0 Å². The van der Waals surface area contributed by atoms with Crippen LogP contribution in [0.15, 0.2) is 11.6 Å². The second-order valence-electron chi connectivity index (χ2n) is 8.26. The minimum atomic E-state index is -5.14. The Morgan fingerprint density at radius 2 is 1.88 bits per heavy atom. The maximum absolute atomic E-state index is 13.4. The lowest BCUT2D eigenvalue weighted by Crippen LogP contribution is -2.42. The number of nitrogens with zero attached hydrogens (tertiary/aromatic N) is 1. The second kappa shape index (κ2) is 10.9. The van der Waals surface area contributed by atoms with Crippen molar-refractivity contribution >= 4 is 23.5 Å². The Balaban J connectivity index is 2.57. The zero-order valence-electron chi connectivity index (χ0n) is 20.2. The number of alkyl halides is 3. The monoisotopic (exact) mass is 485 g/mol. The van der Waals surface area contributed by atoms with Crippen LogP contribution < -0.4 is 9.64 Å². The van der Waals surface area contributed by atoms with Gasteiger partial charge in [0, 0.05) is 24.1 Å². The number of methoxy groups -OCH3 is 1. The number of anilines is 1. The Bertz CT molecular complexity index is 998. The molecule has 0 atom stereocenters. The Morgan fingerprint density at radius 1 is 1.24 bits per heavy atom. The molecule has 1 aromatic rings. The topological polar surface area (TPSA) is 82.1 Å². The molecule has 0 N–H and O–H groups in total. The minimum Gasteiger partial charge on any atom is -0.496 e. The highest BCUT2D eigenvalue weighted by molar-refractivity contribution is 6.08. The van der Waals surface area contributed by atoms with E-state index in [4.69, 9.17) is 14.2 Å². The standard InChI is InChI=1S/C24H30F3NO6/c1-7-28(23(31)24(25,26)27)20-16(10-8-14(4)9-11-18(29)34-13(2)3)21(32-6)15(5)17-12-33-22(30)19(17)20/h8,13H,7,9-12H2,1-6H3. The van der Waals surface area contributed by atoms with Gasteiger partial charge in [0.05, 0.1) is 24.5 Å². The lowest BCUT2D eigenvalue weighted by atomic mass is 9.92. The number of carbonyl (C=O) groups is 3. The number of rotatable bonds is 9. The van der Waals surface area contributed by atoms with Gasteiger partial charge in [-0.2, -0.15) is 13.2 Å². The number of hydrogen-bond donors (Lipinski definition) is 0. The molecule has 10 heteroatoms. The number of hydrogen-bond acceptors (Lipinski definition) is 6. The number of esters is 2. The number of ether oxygens (including phenoxy) is 3. The molecular formula is C24H30F3NO6. The van der Waals surface area contributed by atoms with E-state index in [9.17, 15) is 27.6 Å². The van der Waals surface area contributed by atoms with E-state index >= 15 is 0 Å². The van der Waals surface area contributed by atoms with E-state index in [1.54, 1.807) is 33.8 Å². The maximum atomic E-state index is 13.4. The first kappa shape index (κ1) is 27.2. The fourth-order valence-electron chi connectivity index (χ4n) is 3.88. The minimum absolute atomic E-state index is 0.0562. The third-order valence-corrected chi connectivity index (χ3v) is 5.47. The number of benzene rings is 1. The highest BCUT2D eigenvalue weighted by Crippen LogP contribution is 2.44. The summed E-state index contributed by atoms with van der Waals surface area (Å²) in [5.41, 5.74) is 1.79. The van der Waals surface area contributed by atoms with Crippen LogP contribution in [0.5, 0.6) is 5.75 Å². The summed E-state index contributed by atoms with van der Waals surface area (Å²) >= 11 is 0.